The Bertz CT molecular complexity index is 518. The molecule has 0 heterocycles. The van der Waals surface area contributed by atoms with Crippen molar-refractivity contribution in [3.05, 3.63) is 34.9 Å². The van der Waals surface area contributed by atoms with E-state index in [1.165, 1.54) is 0 Å². The third kappa shape index (κ3) is 3.31. The van der Waals surface area contributed by atoms with E-state index < -0.39 is 5.97 Å². The average molecular weight is 296 g/mol. The molecule has 1 aromatic rings. The van der Waals surface area contributed by atoms with Gasteiger partial charge in [0.25, 0.3) is 0 Å². The minimum absolute atomic E-state index is 0.0109. The van der Waals surface area contributed by atoms with Crippen LogP contribution in [0.15, 0.2) is 24.3 Å². The molecule has 1 aliphatic carbocycles. The van der Waals surface area contributed by atoms with Crippen LogP contribution in [0.3, 0.4) is 0 Å². The molecule has 1 aromatic carbocycles. The number of carbonyl (C=O) groups excluding carboxylic acids is 1. The fourth-order valence-corrected chi connectivity index (χ4v) is 2.75. The average Bonchev–Trinajstić information content (AvgIpc) is 3.19. The van der Waals surface area contributed by atoms with E-state index in [0.717, 1.165) is 12.0 Å². The molecule has 1 amide bonds. The molecule has 2 atom stereocenters. The Labute approximate surface area is 123 Å². The molecule has 1 N–H and O–H groups in total. The van der Waals surface area contributed by atoms with Crippen LogP contribution in [0.4, 0.5) is 0 Å². The van der Waals surface area contributed by atoms with Crippen molar-refractivity contribution in [3.8, 4) is 0 Å². The number of halogens is 1. The van der Waals surface area contributed by atoms with Crippen molar-refractivity contribution < 1.29 is 14.7 Å². The van der Waals surface area contributed by atoms with Gasteiger partial charge in [-0.3, -0.25) is 9.59 Å². The zero-order valence-corrected chi connectivity index (χ0v) is 12.1. The van der Waals surface area contributed by atoms with Gasteiger partial charge in [0.2, 0.25) is 5.91 Å². The maximum Gasteiger partial charge on any atom is 0.305 e. The highest BCUT2D eigenvalue weighted by atomic mass is 35.5. The van der Waals surface area contributed by atoms with Crippen LogP contribution in [0.2, 0.25) is 5.02 Å². The van der Waals surface area contributed by atoms with Crippen molar-refractivity contribution in [2.45, 2.75) is 25.7 Å². The van der Waals surface area contributed by atoms with Gasteiger partial charge < -0.3 is 10.0 Å². The van der Waals surface area contributed by atoms with Gasteiger partial charge >= 0.3 is 5.97 Å². The van der Waals surface area contributed by atoms with Crippen molar-refractivity contribution >= 4 is 23.5 Å². The minimum atomic E-state index is -0.880. The number of carbonyl (C=O) groups is 2. The summed E-state index contributed by atoms with van der Waals surface area (Å²) in [5.41, 5.74) is 1.02. The highest BCUT2D eigenvalue weighted by molar-refractivity contribution is 6.31. The Balaban J connectivity index is 1.98. The molecule has 1 fully saturated rings. The van der Waals surface area contributed by atoms with E-state index in [1.807, 2.05) is 31.2 Å². The van der Waals surface area contributed by atoms with Gasteiger partial charge in [-0.15, -0.1) is 0 Å². The van der Waals surface area contributed by atoms with E-state index in [2.05, 4.69) is 0 Å². The summed E-state index contributed by atoms with van der Waals surface area (Å²) in [6, 6.07) is 7.58. The van der Waals surface area contributed by atoms with Crippen molar-refractivity contribution in [1.29, 1.82) is 0 Å². The molecule has 20 heavy (non-hydrogen) atoms. The lowest BCUT2D eigenvalue weighted by molar-refractivity contribution is -0.138. The Kier molecular flexibility index (Phi) is 4.65. The molecule has 0 spiro atoms. The summed E-state index contributed by atoms with van der Waals surface area (Å²) < 4.78 is 0. The lowest BCUT2D eigenvalue weighted by Gasteiger charge is -2.20. The van der Waals surface area contributed by atoms with Crippen LogP contribution in [-0.4, -0.2) is 35.0 Å². The largest absolute Gasteiger partial charge is 0.481 e. The molecule has 1 aliphatic rings. The fourth-order valence-electron chi connectivity index (χ4n) is 2.48. The molecule has 0 saturated heterocycles. The highest BCUT2D eigenvalue weighted by Gasteiger charge is 2.46. The first kappa shape index (κ1) is 14.9. The van der Waals surface area contributed by atoms with Crippen LogP contribution >= 0.6 is 11.6 Å². The smallest absolute Gasteiger partial charge is 0.305 e. The van der Waals surface area contributed by atoms with Crippen LogP contribution in [0.1, 0.15) is 31.2 Å². The van der Waals surface area contributed by atoms with E-state index in [1.54, 1.807) is 4.90 Å². The van der Waals surface area contributed by atoms with Crippen LogP contribution in [0.5, 0.6) is 0 Å². The molecule has 0 unspecified atom stereocenters. The molecule has 0 aliphatic heterocycles. The second kappa shape index (κ2) is 6.27. The first-order valence-corrected chi connectivity index (χ1v) is 7.17. The van der Waals surface area contributed by atoms with Crippen LogP contribution < -0.4 is 0 Å². The quantitative estimate of drug-likeness (QED) is 0.878. The number of amides is 1. The fraction of sp³-hybridized carbons (Fsp3) is 0.467. The monoisotopic (exact) mass is 295 g/mol. The normalized spacial score (nSPS) is 20.5. The SMILES string of the molecule is CCN(CCC(=O)O)C(=O)[C@@H]1C[C@H]1c1ccccc1Cl. The molecule has 2 rings (SSSR count). The van der Waals surface area contributed by atoms with Crippen LogP contribution in [-0.2, 0) is 9.59 Å². The summed E-state index contributed by atoms with van der Waals surface area (Å²) in [7, 11) is 0. The summed E-state index contributed by atoms with van der Waals surface area (Å²) in [5.74, 6) is -0.716. The van der Waals surface area contributed by atoms with Crippen molar-refractivity contribution in [2.24, 2.45) is 5.92 Å². The summed E-state index contributed by atoms with van der Waals surface area (Å²) >= 11 is 6.14. The number of carboxylic acids is 1. The van der Waals surface area contributed by atoms with Gasteiger partial charge in [0.1, 0.15) is 0 Å². The minimum Gasteiger partial charge on any atom is -0.481 e. The Morgan fingerprint density at radius 2 is 2.10 bits per heavy atom. The second-order valence-electron chi connectivity index (χ2n) is 5.03. The number of aliphatic carboxylic acids is 1. The number of benzene rings is 1. The summed E-state index contributed by atoms with van der Waals surface area (Å²) in [6.45, 7) is 2.68. The first-order chi connectivity index (χ1) is 9.54. The lowest BCUT2D eigenvalue weighted by Crippen LogP contribution is -2.34. The predicted molar refractivity (Wildman–Crippen MR) is 76.8 cm³/mol. The van der Waals surface area contributed by atoms with Gasteiger partial charge in [0, 0.05) is 24.0 Å². The Morgan fingerprint density at radius 3 is 2.70 bits per heavy atom. The predicted octanol–water partition coefficient (Wildman–Crippen LogP) is 2.77. The van der Waals surface area contributed by atoms with Crippen LogP contribution in [0.25, 0.3) is 0 Å². The number of carboxylic acid groups (broad SMARTS) is 1. The van der Waals surface area contributed by atoms with Crippen molar-refractivity contribution in [2.75, 3.05) is 13.1 Å². The molecular formula is C15H18ClNO3. The van der Waals surface area contributed by atoms with Gasteiger partial charge in [0.05, 0.1) is 6.42 Å². The van der Waals surface area contributed by atoms with Crippen molar-refractivity contribution in [3.63, 3.8) is 0 Å². The van der Waals surface area contributed by atoms with Gasteiger partial charge in [-0.2, -0.15) is 0 Å². The number of hydrogen-bond donors (Lipinski definition) is 1. The van der Waals surface area contributed by atoms with E-state index >= 15 is 0 Å². The third-order valence-corrected chi connectivity index (χ3v) is 4.05. The third-order valence-electron chi connectivity index (χ3n) is 3.70. The molecular weight excluding hydrogens is 278 g/mol. The molecule has 0 radical (unpaired) electrons. The van der Waals surface area contributed by atoms with E-state index in [9.17, 15) is 9.59 Å². The summed E-state index contributed by atoms with van der Waals surface area (Å²) in [4.78, 5) is 24.6. The topological polar surface area (TPSA) is 57.6 Å². The molecule has 108 valence electrons. The van der Waals surface area contributed by atoms with Gasteiger partial charge in [-0.1, -0.05) is 29.8 Å². The zero-order valence-electron chi connectivity index (χ0n) is 11.4. The number of hydrogen-bond acceptors (Lipinski definition) is 2. The standard InChI is InChI=1S/C15H18ClNO3/c1-2-17(8-7-14(18)19)15(20)12-9-11(12)10-5-3-4-6-13(10)16/h3-6,11-12H,2,7-9H2,1H3,(H,18,19)/t11-,12+/m0/s1. The maximum atomic E-state index is 12.3. The molecule has 0 aromatic heterocycles. The Morgan fingerprint density at radius 1 is 1.40 bits per heavy atom. The lowest BCUT2D eigenvalue weighted by atomic mass is 10.1. The number of rotatable bonds is 6. The summed E-state index contributed by atoms with van der Waals surface area (Å²) in [5, 5.41) is 9.40. The Hall–Kier alpha value is -1.55. The first-order valence-electron chi connectivity index (χ1n) is 6.79. The summed E-state index contributed by atoms with van der Waals surface area (Å²) in [6.07, 6.45) is 0.787. The van der Waals surface area contributed by atoms with Crippen LogP contribution in [0, 0.1) is 5.92 Å². The van der Waals surface area contributed by atoms with E-state index in [-0.39, 0.29) is 30.7 Å². The van der Waals surface area contributed by atoms with Gasteiger partial charge in [-0.05, 0) is 30.9 Å². The van der Waals surface area contributed by atoms with Gasteiger partial charge in [0.15, 0.2) is 0 Å². The molecule has 1 saturated carbocycles. The molecule has 0 bridgehead atoms. The molecule has 5 heteroatoms. The second-order valence-corrected chi connectivity index (χ2v) is 5.44. The highest BCUT2D eigenvalue weighted by Crippen LogP contribution is 2.50. The zero-order chi connectivity index (χ0) is 14.7. The number of nitrogens with zero attached hydrogens (tertiary/aromatic N) is 1. The van der Waals surface area contributed by atoms with E-state index in [4.69, 9.17) is 16.7 Å². The van der Waals surface area contributed by atoms with Gasteiger partial charge in [-0.25, -0.2) is 0 Å². The maximum absolute atomic E-state index is 12.3. The van der Waals surface area contributed by atoms with Crippen molar-refractivity contribution in [1.82, 2.24) is 4.90 Å². The van der Waals surface area contributed by atoms with E-state index in [0.29, 0.717) is 11.6 Å². The molecule has 4 nitrogen and oxygen atoms in total.